The number of para-hydroxylation sites is 1. The SMILES string of the molecule is [2H]c1c([2H])c([2H])c(N(c2cccc(-c3cccc4oc5c6ccccc6ccc5c34)c2)c2ccc3c(c2)C(C)(C)c2ccccc2-3)c([2H])c1[2H]. The third kappa shape index (κ3) is 3.89. The summed E-state index contributed by atoms with van der Waals surface area (Å²) in [5, 5.41) is 4.17. The first kappa shape index (κ1) is 21.2. The molecule has 1 aliphatic rings. The van der Waals surface area contributed by atoms with Gasteiger partial charge in [-0.05, 0) is 87.2 Å². The maximum Gasteiger partial charge on any atom is 0.143 e. The van der Waals surface area contributed by atoms with Crippen LogP contribution in [-0.2, 0) is 5.41 Å². The summed E-state index contributed by atoms with van der Waals surface area (Å²) >= 11 is 0. The number of rotatable bonds is 4. The largest absolute Gasteiger partial charge is 0.455 e. The fraction of sp³-hybridized carbons (Fsp3) is 0.0698. The lowest BCUT2D eigenvalue weighted by molar-refractivity contribution is 0.660. The summed E-state index contributed by atoms with van der Waals surface area (Å²) in [6.45, 7) is 4.41. The van der Waals surface area contributed by atoms with Crippen LogP contribution in [-0.4, -0.2) is 0 Å². The number of hydrogen-bond acceptors (Lipinski definition) is 2. The number of anilines is 3. The van der Waals surface area contributed by atoms with Gasteiger partial charge < -0.3 is 9.32 Å². The third-order valence-electron chi connectivity index (χ3n) is 9.34. The van der Waals surface area contributed by atoms with E-state index >= 15 is 0 Å². The van der Waals surface area contributed by atoms with Crippen LogP contribution in [0.2, 0.25) is 0 Å². The predicted octanol–water partition coefficient (Wildman–Crippen LogP) is 12.2. The van der Waals surface area contributed by atoms with Crippen LogP contribution < -0.4 is 4.90 Å². The van der Waals surface area contributed by atoms with Crippen molar-refractivity contribution in [2.45, 2.75) is 19.3 Å². The van der Waals surface area contributed by atoms with Crippen molar-refractivity contribution >= 4 is 49.8 Å². The molecule has 45 heavy (non-hydrogen) atoms. The molecule has 0 amide bonds. The van der Waals surface area contributed by atoms with Crippen LogP contribution in [0.1, 0.15) is 31.8 Å². The Balaban J connectivity index is 1.28. The van der Waals surface area contributed by atoms with Crippen LogP contribution in [0.15, 0.2) is 156 Å². The van der Waals surface area contributed by atoms with Crippen LogP contribution in [0.3, 0.4) is 0 Å². The van der Waals surface area contributed by atoms with Crippen molar-refractivity contribution in [3.05, 3.63) is 163 Å². The lowest BCUT2D eigenvalue weighted by atomic mass is 9.82. The molecule has 0 bridgehead atoms. The van der Waals surface area contributed by atoms with Gasteiger partial charge in [-0.1, -0.05) is 117 Å². The second-order valence-corrected chi connectivity index (χ2v) is 12.2. The number of benzene rings is 7. The van der Waals surface area contributed by atoms with Crippen LogP contribution in [0.25, 0.3) is 55.0 Å². The lowest BCUT2D eigenvalue weighted by Crippen LogP contribution is -2.16. The van der Waals surface area contributed by atoms with Crippen molar-refractivity contribution in [1.82, 2.24) is 0 Å². The van der Waals surface area contributed by atoms with Gasteiger partial charge in [0.15, 0.2) is 0 Å². The Morgan fingerprint density at radius 1 is 0.578 bits per heavy atom. The van der Waals surface area contributed by atoms with Crippen molar-refractivity contribution in [3.63, 3.8) is 0 Å². The van der Waals surface area contributed by atoms with E-state index in [2.05, 4.69) is 80.6 Å². The Bertz CT molecular complexity index is 2680. The molecule has 7 aromatic carbocycles. The van der Waals surface area contributed by atoms with E-state index in [0.717, 1.165) is 55.0 Å². The quantitative estimate of drug-likeness (QED) is 0.205. The van der Waals surface area contributed by atoms with Crippen molar-refractivity contribution in [1.29, 1.82) is 0 Å². The molecule has 0 spiro atoms. The molecule has 0 saturated carbocycles. The number of fused-ring (bicyclic) bond motifs is 8. The van der Waals surface area contributed by atoms with Gasteiger partial charge in [-0.15, -0.1) is 0 Å². The van der Waals surface area contributed by atoms with Gasteiger partial charge in [-0.2, -0.15) is 0 Å². The van der Waals surface area contributed by atoms with Crippen molar-refractivity contribution in [2.75, 3.05) is 4.90 Å². The second-order valence-electron chi connectivity index (χ2n) is 12.2. The highest BCUT2D eigenvalue weighted by Gasteiger charge is 2.35. The first-order valence-corrected chi connectivity index (χ1v) is 15.2. The highest BCUT2D eigenvalue weighted by atomic mass is 16.3. The fourth-order valence-electron chi connectivity index (χ4n) is 7.20. The number of nitrogens with zero attached hydrogens (tertiary/aromatic N) is 1. The van der Waals surface area contributed by atoms with Crippen LogP contribution in [0.5, 0.6) is 0 Å². The molecule has 8 aromatic rings. The summed E-state index contributed by atoms with van der Waals surface area (Å²) in [5.41, 5.74) is 9.36. The molecule has 214 valence electrons. The van der Waals surface area contributed by atoms with Crippen LogP contribution >= 0.6 is 0 Å². The van der Waals surface area contributed by atoms with Gasteiger partial charge in [0.05, 0.1) is 6.85 Å². The molecule has 0 fully saturated rings. The van der Waals surface area contributed by atoms with Gasteiger partial charge in [0, 0.05) is 38.6 Å². The summed E-state index contributed by atoms with van der Waals surface area (Å²) < 4.78 is 50.0. The predicted molar refractivity (Wildman–Crippen MR) is 189 cm³/mol. The Morgan fingerprint density at radius 2 is 1.33 bits per heavy atom. The zero-order valence-corrected chi connectivity index (χ0v) is 24.9. The minimum atomic E-state index is -0.422. The zero-order valence-electron chi connectivity index (χ0n) is 29.9. The average Bonchev–Trinajstić information content (AvgIpc) is 3.64. The smallest absolute Gasteiger partial charge is 0.143 e. The Morgan fingerprint density at radius 3 is 2.24 bits per heavy atom. The van der Waals surface area contributed by atoms with E-state index in [9.17, 15) is 0 Å². The summed E-state index contributed by atoms with van der Waals surface area (Å²) in [6, 6.07) is 39.3. The third-order valence-corrected chi connectivity index (χ3v) is 9.34. The van der Waals surface area contributed by atoms with Crippen molar-refractivity contribution < 1.29 is 11.3 Å². The van der Waals surface area contributed by atoms with E-state index < -0.39 is 6.04 Å². The molecular weight excluding hydrogens is 546 g/mol. The topological polar surface area (TPSA) is 16.4 Å². The summed E-state index contributed by atoms with van der Waals surface area (Å²) in [5.74, 6) is 0. The summed E-state index contributed by atoms with van der Waals surface area (Å²) in [6.07, 6.45) is 0. The molecule has 9 rings (SSSR count). The standard InChI is InChI=1S/C43H31NO/c1-43(2)38-20-9-8-18-35(38)36-25-23-32(27-39(36)43)44(30-14-4-3-5-15-30)31-16-10-13-29(26-31)33-19-11-21-40-41(33)37-24-22-28-12-6-7-17-34(28)42(37)45-40/h3-27H,1-2H3/i3D,4D,5D,14D,15D. The molecule has 2 heteroatoms. The molecule has 0 aliphatic heterocycles. The van der Waals surface area contributed by atoms with Crippen molar-refractivity contribution in [3.8, 4) is 22.3 Å². The van der Waals surface area contributed by atoms with Crippen LogP contribution in [0, 0.1) is 0 Å². The van der Waals surface area contributed by atoms with Gasteiger partial charge in [0.1, 0.15) is 11.2 Å². The fourth-order valence-corrected chi connectivity index (χ4v) is 7.20. The van der Waals surface area contributed by atoms with Gasteiger partial charge in [0.25, 0.3) is 0 Å². The zero-order chi connectivity index (χ0) is 34.5. The van der Waals surface area contributed by atoms with E-state index in [1.165, 1.54) is 11.1 Å². The molecule has 0 unspecified atom stereocenters. The van der Waals surface area contributed by atoms with E-state index in [1.807, 2.05) is 59.5 Å². The second kappa shape index (κ2) is 9.70. The normalized spacial score (nSPS) is 14.8. The molecule has 0 radical (unpaired) electrons. The van der Waals surface area contributed by atoms with E-state index in [0.29, 0.717) is 11.4 Å². The minimum Gasteiger partial charge on any atom is -0.455 e. The minimum absolute atomic E-state index is 0.0971. The molecular formula is C43H31NO. The average molecular weight is 583 g/mol. The molecule has 1 aromatic heterocycles. The number of furan rings is 1. The maximum atomic E-state index is 9.04. The van der Waals surface area contributed by atoms with Crippen LogP contribution in [0.4, 0.5) is 17.1 Å². The maximum absolute atomic E-state index is 9.04. The van der Waals surface area contributed by atoms with E-state index in [1.54, 1.807) is 0 Å². The highest BCUT2D eigenvalue weighted by Crippen LogP contribution is 2.51. The molecule has 2 nitrogen and oxygen atoms in total. The van der Waals surface area contributed by atoms with Gasteiger partial charge >= 0.3 is 0 Å². The molecule has 1 heterocycles. The Hall–Kier alpha value is -5.60. The monoisotopic (exact) mass is 582 g/mol. The van der Waals surface area contributed by atoms with Gasteiger partial charge in [0.2, 0.25) is 0 Å². The van der Waals surface area contributed by atoms with Gasteiger partial charge in [-0.25, -0.2) is 0 Å². The number of hydrogen-bond donors (Lipinski definition) is 0. The Labute approximate surface area is 269 Å². The summed E-state index contributed by atoms with van der Waals surface area (Å²) in [4.78, 5) is 1.81. The summed E-state index contributed by atoms with van der Waals surface area (Å²) in [7, 11) is 0. The molecule has 0 saturated heterocycles. The highest BCUT2D eigenvalue weighted by molar-refractivity contribution is 6.19. The van der Waals surface area contributed by atoms with Crippen molar-refractivity contribution in [2.24, 2.45) is 0 Å². The lowest BCUT2D eigenvalue weighted by Gasteiger charge is -2.28. The Kier molecular flexibility index (Phi) is 4.56. The first-order chi connectivity index (χ1) is 24.1. The van der Waals surface area contributed by atoms with E-state index in [4.69, 9.17) is 11.3 Å². The van der Waals surface area contributed by atoms with Gasteiger partial charge in [-0.3, -0.25) is 0 Å². The molecule has 0 N–H and O–H groups in total. The first-order valence-electron chi connectivity index (χ1n) is 17.7. The molecule has 0 atom stereocenters. The molecule has 1 aliphatic carbocycles. The van der Waals surface area contributed by atoms with E-state index in [-0.39, 0.29) is 35.3 Å².